The van der Waals surface area contributed by atoms with Gasteiger partial charge in [0.05, 0.1) is 4.90 Å². The first-order chi connectivity index (χ1) is 15.9. The summed E-state index contributed by atoms with van der Waals surface area (Å²) in [6.45, 7) is -0.199. The first kappa shape index (κ1) is 24.4. The van der Waals surface area contributed by atoms with Crippen LogP contribution < -0.4 is 10.1 Å². The second kappa shape index (κ2) is 11.6. The summed E-state index contributed by atoms with van der Waals surface area (Å²) in [5.74, 6) is -1.24. The second-order valence-corrected chi connectivity index (χ2v) is 9.39. The topological polar surface area (TPSA) is 119 Å². The number of piperidine rings is 1. The van der Waals surface area contributed by atoms with Crippen LogP contribution in [0.25, 0.3) is 0 Å². The lowest BCUT2D eigenvalue weighted by molar-refractivity contribution is -0.143. The maximum atomic E-state index is 12.7. The van der Waals surface area contributed by atoms with Crippen molar-refractivity contribution in [2.45, 2.75) is 24.2 Å². The van der Waals surface area contributed by atoms with Crippen molar-refractivity contribution in [1.29, 1.82) is 0 Å². The molecule has 1 aliphatic heterocycles. The number of hydrogen-bond donors (Lipinski definition) is 1. The summed E-state index contributed by atoms with van der Waals surface area (Å²) in [4.78, 5) is 35.9. The van der Waals surface area contributed by atoms with Gasteiger partial charge in [-0.05, 0) is 49.2 Å². The smallest absolute Gasteiger partial charge is 0.325 e. The van der Waals surface area contributed by atoms with E-state index in [9.17, 15) is 22.8 Å². The van der Waals surface area contributed by atoms with Gasteiger partial charge in [-0.3, -0.25) is 14.4 Å². The van der Waals surface area contributed by atoms with E-state index in [2.05, 4.69) is 5.32 Å². The van der Waals surface area contributed by atoms with Gasteiger partial charge in [-0.2, -0.15) is 4.31 Å². The summed E-state index contributed by atoms with van der Waals surface area (Å²) in [5, 5.41) is 2.35. The van der Waals surface area contributed by atoms with Crippen LogP contribution in [-0.2, 0) is 24.3 Å². The summed E-state index contributed by atoms with van der Waals surface area (Å²) >= 11 is 0. The van der Waals surface area contributed by atoms with E-state index in [0.717, 1.165) is 19.3 Å². The molecule has 3 rings (SSSR count). The Morgan fingerprint density at radius 3 is 2.21 bits per heavy atom. The van der Waals surface area contributed by atoms with Gasteiger partial charge in [-0.25, -0.2) is 8.42 Å². The lowest BCUT2D eigenvalue weighted by Crippen LogP contribution is -2.35. The van der Waals surface area contributed by atoms with Crippen LogP contribution in [0.4, 0.5) is 0 Å². The molecule has 0 aromatic heterocycles. The minimum Gasteiger partial charge on any atom is -0.484 e. The molecule has 10 heteroatoms. The number of nitrogens with zero attached hydrogens (tertiary/aromatic N) is 1. The molecule has 1 fully saturated rings. The fraction of sp³-hybridized carbons (Fsp3) is 0.348. The van der Waals surface area contributed by atoms with Gasteiger partial charge in [-0.15, -0.1) is 0 Å². The second-order valence-electron chi connectivity index (χ2n) is 7.45. The Bertz CT molecular complexity index is 1060. The molecule has 2 aromatic carbocycles. The van der Waals surface area contributed by atoms with E-state index in [1.165, 1.54) is 28.6 Å². The summed E-state index contributed by atoms with van der Waals surface area (Å²) in [6, 6.07) is 14.3. The zero-order chi connectivity index (χ0) is 23.7. The number of nitrogens with one attached hydrogen (secondary N) is 1. The Labute approximate surface area is 192 Å². The Balaban J connectivity index is 1.41. The highest BCUT2D eigenvalue weighted by molar-refractivity contribution is 7.89. The molecule has 0 unspecified atom stereocenters. The number of ketones is 1. The first-order valence-electron chi connectivity index (χ1n) is 10.6. The van der Waals surface area contributed by atoms with Crippen LogP contribution in [-0.4, -0.2) is 63.2 Å². The van der Waals surface area contributed by atoms with E-state index >= 15 is 0 Å². The summed E-state index contributed by atoms with van der Waals surface area (Å²) in [6.07, 6.45) is 2.69. The lowest BCUT2D eigenvalue weighted by atomic mass is 10.1. The summed E-state index contributed by atoms with van der Waals surface area (Å²) in [7, 11) is -3.58. The molecular formula is C23H26N2O7S. The van der Waals surface area contributed by atoms with Crippen molar-refractivity contribution in [3.8, 4) is 5.75 Å². The van der Waals surface area contributed by atoms with Gasteiger partial charge >= 0.3 is 5.97 Å². The molecule has 1 amide bonds. The molecule has 9 nitrogen and oxygen atoms in total. The molecular weight excluding hydrogens is 448 g/mol. The van der Waals surface area contributed by atoms with Crippen molar-refractivity contribution in [1.82, 2.24) is 9.62 Å². The average Bonchev–Trinajstić information content (AvgIpc) is 2.86. The monoisotopic (exact) mass is 474 g/mol. The zero-order valence-electron chi connectivity index (χ0n) is 18.1. The third-order valence-electron chi connectivity index (χ3n) is 5.04. The van der Waals surface area contributed by atoms with Crippen LogP contribution in [0, 0.1) is 0 Å². The predicted molar refractivity (Wildman–Crippen MR) is 119 cm³/mol. The Hall–Kier alpha value is -3.24. The molecule has 0 atom stereocenters. The van der Waals surface area contributed by atoms with Crippen LogP contribution in [0.1, 0.15) is 29.6 Å². The number of esters is 1. The molecule has 1 aliphatic rings. The standard InChI is InChI=1S/C23H26N2O7S/c26-21(16-32-23(28)15-24-22(27)17-31-19-7-3-1-4-8-19)18-9-11-20(12-10-18)33(29,30)25-13-5-2-6-14-25/h1,3-4,7-12H,2,5-6,13-17H2,(H,24,27). The van der Waals surface area contributed by atoms with Gasteiger partial charge in [0.15, 0.2) is 19.0 Å². The zero-order valence-corrected chi connectivity index (χ0v) is 18.9. The van der Waals surface area contributed by atoms with Crippen LogP contribution in [0.2, 0.25) is 0 Å². The van der Waals surface area contributed by atoms with Crippen molar-refractivity contribution >= 4 is 27.7 Å². The Morgan fingerprint density at radius 1 is 0.879 bits per heavy atom. The van der Waals surface area contributed by atoms with E-state index in [-0.39, 0.29) is 17.1 Å². The molecule has 176 valence electrons. The molecule has 0 aliphatic carbocycles. The third-order valence-corrected chi connectivity index (χ3v) is 6.95. The molecule has 1 N–H and O–H groups in total. The van der Waals surface area contributed by atoms with Gasteiger partial charge in [-0.1, -0.05) is 24.6 Å². The van der Waals surface area contributed by atoms with Crippen molar-refractivity contribution in [2.24, 2.45) is 0 Å². The van der Waals surface area contributed by atoms with Crippen molar-refractivity contribution in [3.63, 3.8) is 0 Å². The molecule has 0 radical (unpaired) electrons. The number of sulfonamides is 1. The van der Waals surface area contributed by atoms with Crippen LogP contribution in [0.3, 0.4) is 0 Å². The number of hydrogen-bond acceptors (Lipinski definition) is 7. The van der Waals surface area contributed by atoms with Gasteiger partial charge in [0.2, 0.25) is 10.0 Å². The molecule has 0 bridgehead atoms. The van der Waals surface area contributed by atoms with Gasteiger partial charge in [0.1, 0.15) is 12.3 Å². The van der Waals surface area contributed by atoms with Gasteiger partial charge in [0, 0.05) is 18.7 Å². The Kier molecular flexibility index (Phi) is 8.56. The number of amides is 1. The van der Waals surface area contributed by atoms with Crippen LogP contribution >= 0.6 is 0 Å². The van der Waals surface area contributed by atoms with Crippen molar-refractivity contribution in [3.05, 3.63) is 60.2 Å². The molecule has 2 aromatic rings. The average molecular weight is 475 g/mol. The molecule has 1 saturated heterocycles. The maximum Gasteiger partial charge on any atom is 0.325 e. The molecule has 0 saturated carbocycles. The molecule has 0 spiro atoms. The fourth-order valence-electron chi connectivity index (χ4n) is 3.23. The van der Waals surface area contributed by atoms with Crippen LogP contribution in [0.5, 0.6) is 5.75 Å². The highest BCUT2D eigenvalue weighted by Crippen LogP contribution is 2.21. The van der Waals surface area contributed by atoms with E-state index in [0.29, 0.717) is 18.8 Å². The minimum atomic E-state index is -3.58. The third kappa shape index (κ3) is 7.13. The number of carbonyl (C=O) groups is 3. The van der Waals surface area contributed by atoms with Crippen molar-refractivity contribution < 1.29 is 32.3 Å². The first-order valence-corrected chi connectivity index (χ1v) is 12.0. The van der Waals surface area contributed by atoms with E-state index in [4.69, 9.17) is 9.47 Å². The molecule has 33 heavy (non-hydrogen) atoms. The number of ether oxygens (including phenoxy) is 2. The number of benzene rings is 2. The van der Waals surface area contributed by atoms with E-state index < -0.39 is 40.8 Å². The summed E-state index contributed by atoms with van der Waals surface area (Å²) in [5.41, 5.74) is 0.223. The maximum absolute atomic E-state index is 12.7. The number of Topliss-reactive ketones (excluding diaryl/α,β-unsaturated/α-hetero) is 1. The number of rotatable bonds is 10. The van der Waals surface area contributed by atoms with Gasteiger partial charge in [0.25, 0.3) is 5.91 Å². The summed E-state index contributed by atoms with van der Waals surface area (Å²) < 4.78 is 36.9. The predicted octanol–water partition coefficient (Wildman–Crippen LogP) is 1.78. The van der Waals surface area contributed by atoms with Crippen LogP contribution in [0.15, 0.2) is 59.5 Å². The normalized spacial score (nSPS) is 14.3. The highest BCUT2D eigenvalue weighted by Gasteiger charge is 2.26. The SMILES string of the molecule is O=C(COc1ccccc1)NCC(=O)OCC(=O)c1ccc(S(=O)(=O)N2CCCCC2)cc1. The fourth-order valence-corrected chi connectivity index (χ4v) is 4.75. The minimum absolute atomic E-state index is 0.123. The molecule has 1 heterocycles. The Morgan fingerprint density at radius 2 is 1.55 bits per heavy atom. The lowest BCUT2D eigenvalue weighted by Gasteiger charge is -2.25. The highest BCUT2D eigenvalue weighted by atomic mass is 32.2. The quantitative estimate of drug-likeness (QED) is 0.412. The van der Waals surface area contributed by atoms with Crippen molar-refractivity contribution in [2.75, 3.05) is 32.8 Å². The number of carbonyl (C=O) groups excluding carboxylic acids is 3. The largest absolute Gasteiger partial charge is 0.484 e. The van der Waals surface area contributed by atoms with E-state index in [1.54, 1.807) is 24.3 Å². The van der Waals surface area contributed by atoms with Gasteiger partial charge < -0.3 is 14.8 Å². The number of para-hydroxylation sites is 1. The van der Waals surface area contributed by atoms with E-state index in [1.807, 2.05) is 6.07 Å².